The number of rotatable bonds is 2. The lowest BCUT2D eigenvalue weighted by molar-refractivity contribution is 0.112. The van der Waals surface area contributed by atoms with Crippen LogP contribution in [-0.2, 0) is 0 Å². The molecule has 4 N–H and O–H groups in total. The number of aromatic nitrogens is 1. The standard InChI is InChI=1S/C6H7BN2O3/c8-6-2-9-1-5(7(11)12)4(6)3-10/h1-3,11-12H,8H2. The van der Waals surface area contributed by atoms with Crippen LogP contribution in [0.4, 0.5) is 5.69 Å². The highest BCUT2D eigenvalue weighted by atomic mass is 16.4. The highest BCUT2D eigenvalue weighted by Crippen LogP contribution is 2.02. The van der Waals surface area contributed by atoms with Crippen molar-refractivity contribution in [1.29, 1.82) is 0 Å². The average molecular weight is 166 g/mol. The van der Waals surface area contributed by atoms with Crippen molar-refractivity contribution < 1.29 is 14.8 Å². The quantitative estimate of drug-likeness (QED) is 0.354. The summed E-state index contributed by atoms with van der Waals surface area (Å²) in [6.45, 7) is 0. The summed E-state index contributed by atoms with van der Waals surface area (Å²) in [5, 5.41) is 17.5. The Labute approximate surface area is 69.0 Å². The smallest absolute Gasteiger partial charge is 0.423 e. The lowest BCUT2D eigenvalue weighted by atomic mass is 9.78. The van der Waals surface area contributed by atoms with Gasteiger partial charge in [-0.3, -0.25) is 9.78 Å². The van der Waals surface area contributed by atoms with Crippen LogP contribution in [0.2, 0.25) is 0 Å². The van der Waals surface area contributed by atoms with Gasteiger partial charge >= 0.3 is 7.12 Å². The number of carbonyl (C=O) groups excluding carboxylic acids is 1. The largest absolute Gasteiger partial charge is 0.490 e. The molecule has 0 amide bonds. The summed E-state index contributed by atoms with van der Waals surface area (Å²) in [7, 11) is -1.72. The van der Waals surface area contributed by atoms with Crippen molar-refractivity contribution in [2.45, 2.75) is 0 Å². The number of nitrogens with two attached hydrogens (primary N) is 1. The Morgan fingerprint density at radius 3 is 2.58 bits per heavy atom. The highest BCUT2D eigenvalue weighted by Gasteiger charge is 2.17. The second-order valence-corrected chi connectivity index (χ2v) is 2.22. The Bertz CT molecular complexity index is 303. The second-order valence-electron chi connectivity index (χ2n) is 2.22. The fraction of sp³-hybridized carbons (Fsp3) is 0. The maximum absolute atomic E-state index is 10.4. The van der Waals surface area contributed by atoms with E-state index in [0.717, 1.165) is 0 Å². The Morgan fingerprint density at radius 2 is 2.17 bits per heavy atom. The summed E-state index contributed by atoms with van der Waals surface area (Å²) in [6.07, 6.45) is 2.92. The van der Waals surface area contributed by atoms with Gasteiger partial charge in [0, 0.05) is 17.2 Å². The minimum Gasteiger partial charge on any atom is -0.423 e. The normalized spacial score (nSPS) is 9.50. The molecule has 62 valence electrons. The Hall–Kier alpha value is -1.40. The van der Waals surface area contributed by atoms with E-state index in [4.69, 9.17) is 15.8 Å². The van der Waals surface area contributed by atoms with Gasteiger partial charge in [-0.1, -0.05) is 0 Å². The van der Waals surface area contributed by atoms with Gasteiger partial charge in [-0.25, -0.2) is 0 Å². The predicted molar refractivity (Wildman–Crippen MR) is 43.9 cm³/mol. The molecule has 0 aliphatic carbocycles. The Morgan fingerprint density at radius 1 is 1.50 bits per heavy atom. The zero-order valence-corrected chi connectivity index (χ0v) is 6.14. The van der Waals surface area contributed by atoms with E-state index in [-0.39, 0.29) is 16.7 Å². The van der Waals surface area contributed by atoms with Gasteiger partial charge in [-0.2, -0.15) is 0 Å². The number of nitrogen functional groups attached to an aromatic ring is 1. The van der Waals surface area contributed by atoms with Crippen LogP contribution in [0.15, 0.2) is 12.4 Å². The van der Waals surface area contributed by atoms with E-state index in [9.17, 15) is 4.79 Å². The zero-order valence-electron chi connectivity index (χ0n) is 6.14. The predicted octanol–water partition coefficient (Wildman–Crippen LogP) is -1.84. The van der Waals surface area contributed by atoms with Crippen LogP contribution in [-0.4, -0.2) is 28.4 Å². The molecule has 0 aromatic carbocycles. The number of pyridine rings is 1. The topological polar surface area (TPSA) is 96.4 Å². The molecule has 0 atom stereocenters. The molecule has 1 aromatic rings. The molecule has 5 nitrogen and oxygen atoms in total. The molecule has 0 saturated carbocycles. The van der Waals surface area contributed by atoms with Gasteiger partial charge in [0.1, 0.15) is 0 Å². The minimum absolute atomic E-state index is 0.0185. The molecule has 0 saturated heterocycles. The van der Waals surface area contributed by atoms with Crippen molar-refractivity contribution in [2.75, 3.05) is 5.73 Å². The first-order valence-electron chi connectivity index (χ1n) is 3.21. The molecule has 0 radical (unpaired) electrons. The van der Waals surface area contributed by atoms with E-state index in [2.05, 4.69) is 4.98 Å². The third-order valence-electron chi connectivity index (χ3n) is 1.45. The molecule has 0 aliphatic heterocycles. The monoisotopic (exact) mass is 166 g/mol. The summed E-state index contributed by atoms with van der Waals surface area (Å²) in [5.41, 5.74) is 5.58. The minimum atomic E-state index is -1.72. The maximum Gasteiger partial charge on any atom is 0.490 e. The van der Waals surface area contributed by atoms with Crippen molar-refractivity contribution in [3.63, 3.8) is 0 Å². The SMILES string of the molecule is Nc1cncc(B(O)O)c1C=O. The lowest BCUT2D eigenvalue weighted by Gasteiger charge is -2.03. The number of anilines is 1. The number of nitrogens with zero attached hydrogens (tertiary/aromatic N) is 1. The highest BCUT2D eigenvalue weighted by molar-refractivity contribution is 6.60. The van der Waals surface area contributed by atoms with Gasteiger partial charge in [-0.05, 0) is 0 Å². The third kappa shape index (κ3) is 1.44. The van der Waals surface area contributed by atoms with Crippen molar-refractivity contribution in [3.8, 4) is 0 Å². The van der Waals surface area contributed by atoms with Crippen molar-refractivity contribution in [3.05, 3.63) is 18.0 Å². The molecule has 0 unspecified atom stereocenters. The first kappa shape index (κ1) is 8.70. The van der Waals surface area contributed by atoms with Gasteiger partial charge in [0.15, 0.2) is 6.29 Å². The first-order valence-corrected chi connectivity index (χ1v) is 3.21. The molecule has 12 heavy (non-hydrogen) atoms. The summed E-state index contributed by atoms with van der Waals surface area (Å²) in [5.74, 6) is 0. The molecule has 1 rings (SSSR count). The van der Waals surface area contributed by atoms with Gasteiger partial charge < -0.3 is 15.8 Å². The average Bonchev–Trinajstić information content (AvgIpc) is 2.03. The van der Waals surface area contributed by atoms with Crippen LogP contribution < -0.4 is 11.2 Å². The molecular formula is C6H7BN2O3. The van der Waals surface area contributed by atoms with Gasteiger partial charge in [-0.15, -0.1) is 0 Å². The second kappa shape index (κ2) is 3.33. The van der Waals surface area contributed by atoms with Crippen LogP contribution in [0.5, 0.6) is 0 Å². The summed E-state index contributed by atoms with van der Waals surface area (Å²) in [6, 6.07) is 0. The van der Waals surface area contributed by atoms with Gasteiger partial charge in [0.2, 0.25) is 0 Å². The van der Waals surface area contributed by atoms with E-state index >= 15 is 0 Å². The summed E-state index contributed by atoms with van der Waals surface area (Å²) >= 11 is 0. The van der Waals surface area contributed by atoms with Gasteiger partial charge in [0.25, 0.3) is 0 Å². The summed E-state index contributed by atoms with van der Waals surface area (Å²) < 4.78 is 0. The molecule has 1 aromatic heterocycles. The molecular weight excluding hydrogens is 159 g/mol. The van der Waals surface area contributed by atoms with Crippen LogP contribution in [0.1, 0.15) is 10.4 Å². The number of carbonyl (C=O) groups is 1. The van der Waals surface area contributed by atoms with Crippen LogP contribution in [0.25, 0.3) is 0 Å². The fourth-order valence-corrected chi connectivity index (χ4v) is 0.845. The van der Waals surface area contributed by atoms with E-state index in [1.807, 2.05) is 0 Å². The van der Waals surface area contributed by atoms with E-state index in [0.29, 0.717) is 6.29 Å². The Kier molecular flexibility index (Phi) is 2.42. The van der Waals surface area contributed by atoms with Gasteiger partial charge in [0.05, 0.1) is 11.9 Å². The van der Waals surface area contributed by atoms with E-state index < -0.39 is 7.12 Å². The lowest BCUT2D eigenvalue weighted by Crippen LogP contribution is -2.34. The fourth-order valence-electron chi connectivity index (χ4n) is 0.845. The molecule has 0 spiro atoms. The molecule has 0 aliphatic rings. The number of aldehydes is 1. The van der Waals surface area contributed by atoms with Crippen molar-refractivity contribution in [1.82, 2.24) is 4.98 Å². The molecule has 1 heterocycles. The number of hydrogen-bond acceptors (Lipinski definition) is 5. The van der Waals surface area contributed by atoms with E-state index in [1.54, 1.807) is 0 Å². The van der Waals surface area contributed by atoms with Crippen LogP contribution in [0, 0.1) is 0 Å². The molecule has 0 fully saturated rings. The van der Waals surface area contributed by atoms with Crippen molar-refractivity contribution in [2.24, 2.45) is 0 Å². The maximum atomic E-state index is 10.4. The zero-order chi connectivity index (χ0) is 9.14. The van der Waals surface area contributed by atoms with E-state index in [1.165, 1.54) is 12.4 Å². The number of hydrogen-bond donors (Lipinski definition) is 3. The molecule has 6 heteroatoms. The molecule has 0 bridgehead atoms. The van der Waals surface area contributed by atoms with Crippen LogP contribution in [0.3, 0.4) is 0 Å². The first-order chi connectivity index (χ1) is 5.66. The Balaban J connectivity index is 3.27. The third-order valence-corrected chi connectivity index (χ3v) is 1.45. The van der Waals surface area contributed by atoms with Crippen LogP contribution >= 0.6 is 0 Å². The van der Waals surface area contributed by atoms with Crippen molar-refractivity contribution >= 4 is 24.6 Å². The summed E-state index contributed by atoms with van der Waals surface area (Å²) in [4.78, 5) is 14.0.